The lowest BCUT2D eigenvalue weighted by Crippen LogP contribution is -2.23. The van der Waals surface area contributed by atoms with Gasteiger partial charge in [-0.15, -0.1) is 0 Å². The molecule has 0 saturated carbocycles. The monoisotopic (exact) mass is 462 g/mol. The van der Waals surface area contributed by atoms with Crippen molar-refractivity contribution in [3.05, 3.63) is 101 Å². The quantitative estimate of drug-likeness (QED) is 0.401. The Kier molecular flexibility index (Phi) is 7.02. The van der Waals surface area contributed by atoms with Crippen LogP contribution >= 0.6 is 0 Å². The zero-order chi connectivity index (χ0) is 23.9. The Morgan fingerprint density at radius 2 is 1.62 bits per heavy atom. The van der Waals surface area contributed by atoms with Crippen molar-refractivity contribution in [2.24, 2.45) is 0 Å². The maximum Gasteiger partial charge on any atom is 0.255 e. The molecular weight excluding hydrogens is 442 g/mol. The molecule has 0 spiro atoms. The van der Waals surface area contributed by atoms with Crippen LogP contribution in [-0.2, 0) is 17.8 Å². The van der Waals surface area contributed by atoms with Gasteiger partial charge in [0, 0.05) is 36.2 Å². The van der Waals surface area contributed by atoms with Gasteiger partial charge in [-0.1, -0.05) is 17.3 Å². The van der Waals surface area contributed by atoms with Crippen molar-refractivity contribution < 1.29 is 22.9 Å². The van der Waals surface area contributed by atoms with Crippen LogP contribution in [0.4, 0.5) is 14.5 Å². The summed E-state index contributed by atoms with van der Waals surface area (Å²) in [6, 6.07) is 18.0. The number of aryl methyl sites for hydroxylation is 1. The summed E-state index contributed by atoms with van der Waals surface area (Å²) in [7, 11) is 0. The minimum Gasteiger partial charge on any atom is -0.352 e. The number of nitrogens with zero attached hydrogens (tertiary/aromatic N) is 2. The van der Waals surface area contributed by atoms with Gasteiger partial charge in [-0.2, -0.15) is 4.98 Å². The molecule has 0 fully saturated rings. The number of amides is 2. The summed E-state index contributed by atoms with van der Waals surface area (Å²) in [5.41, 5.74) is 2.30. The molecule has 4 rings (SSSR count). The van der Waals surface area contributed by atoms with Gasteiger partial charge in [-0.3, -0.25) is 9.59 Å². The van der Waals surface area contributed by atoms with Crippen LogP contribution in [0.25, 0.3) is 11.4 Å². The third kappa shape index (κ3) is 6.10. The molecule has 0 atom stereocenters. The molecule has 0 unspecified atom stereocenters. The van der Waals surface area contributed by atoms with E-state index in [0.717, 1.165) is 5.56 Å². The Morgan fingerprint density at radius 3 is 2.35 bits per heavy atom. The number of benzene rings is 3. The first-order valence-corrected chi connectivity index (χ1v) is 10.5. The molecule has 1 heterocycles. The second kappa shape index (κ2) is 10.5. The second-order valence-corrected chi connectivity index (χ2v) is 7.46. The van der Waals surface area contributed by atoms with E-state index in [1.807, 2.05) is 6.07 Å². The molecule has 0 saturated heterocycles. The summed E-state index contributed by atoms with van der Waals surface area (Å²) in [4.78, 5) is 28.8. The summed E-state index contributed by atoms with van der Waals surface area (Å²) >= 11 is 0. The van der Waals surface area contributed by atoms with Gasteiger partial charge in [0.2, 0.25) is 17.6 Å². The van der Waals surface area contributed by atoms with E-state index < -0.39 is 5.82 Å². The lowest BCUT2D eigenvalue weighted by Gasteiger charge is -2.09. The van der Waals surface area contributed by atoms with Crippen molar-refractivity contribution in [2.75, 3.05) is 5.32 Å². The van der Waals surface area contributed by atoms with Gasteiger partial charge in [0.15, 0.2) is 0 Å². The number of hydrogen-bond donors (Lipinski definition) is 2. The largest absolute Gasteiger partial charge is 0.352 e. The molecule has 34 heavy (non-hydrogen) atoms. The van der Waals surface area contributed by atoms with Crippen LogP contribution in [0.15, 0.2) is 77.3 Å². The van der Waals surface area contributed by atoms with E-state index in [1.54, 1.807) is 30.3 Å². The van der Waals surface area contributed by atoms with Gasteiger partial charge >= 0.3 is 0 Å². The Bertz CT molecular complexity index is 1290. The molecule has 7 nitrogen and oxygen atoms in total. The normalized spacial score (nSPS) is 10.6. The fraction of sp³-hybridized carbons (Fsp3) is 0.120. The Hall–Kier alpha value is -4.40. The van der Waals surface area contributed by atoms with Gasteiger partial charge in [-0.05, 0) is 66.2 Å². The number of carbonyl (C=O) groups excluding carboxylic acids is 2. The van der Waals surface area contributed by atoms with Gasteiger partial charge in [-0.25, -0.2) is 8.78 Å². The molecule has 0 aliphatic carbocycles. The number of rotatable bonds is 8. The zero-order valence-corrected chi connectivity index (χ0v) is 17.9. The first-order chi connectivity index (χ1) is 16.5. The highest BCUT2D eigenvalue weighted by molar-refractivity contribution is 6.04. The molecule has 0 bridgehead atoms. The van der Waals surface area contributed by atoms with Crippen LogP contribution in [0.5, 0.6) is 0 Å². The van der Waals surface area contributed by atoms with Crippen LogP contribution in [0, 0.1) is 11.6 Å². The average molecular weight is 462 g/mol. The van der Waals surface area contributed by atoms with E-state index in [0.29, 0.717) is 28.5 Å². The first kappa shape index (κ1) is 22.8. The van der Waals surface area contributed by atoms with Crippen molar-refractivity contribution in [2.45, 2.75) is 19.4 Å². The van der Waals surface area contributed by atoms with E-state index in [9.17, 15) is 18.4 Å². The minimum atomic E-state index is -0.415. The molecule has 172 valence electrons. The maximum absolute atomic E-state index is 13.0. The van der Waals surface area contributed by atoms with E-state index >= 15 is 0 Å². The lowest BCUT2D eigenvalue weighted by molar-refractivity contribution is -0.121. The van der Waals surface area contributed by atoms with Gasteiger partial charge in [0.1, 0.15) is 11.6 Å². The minimum absolute atomic E-state index is 0.145. The Labute approximate surface area is 193 Å². The second-order valence-electron chi connectivity index (χ2n) is 7.46. The Morgan fingerprint density at radius 1 is 0.912 bits per heavy atom. The van der Waals surface area contributed by atoms with Crippen molar-refractivity contribution in [1.29, 1.82) is 0 Å². The van der Waals surface area contributed by atoms with Crippen LogP contribution < -0.4 is 10.6 Å². The summed E-state index contributed by atoms with van der Waals surface area (Å²) in [6.45, 7) is 0.268. The maximum atomic E-state index is 13.0. The van der Waals surface area contributed by atoms with Gasteiger partial charge < -0.3 is 15.2 Å². The highest BCUT2D eigenvalue weighted by Gasteiger charge is 2.11. The molecule has 9 heteroatoms. The van der Waals surface area contributed by atoms with Gasteiger partial charge in [0.05, 0.1) is 0 Å². The fourth-order valence-electron chi connectivity index (χ4n) is 3.15. The molecule has 0 radical (unpaired) electrons. The summed E-state index contributed by atoms with van der Waals surface area (Å²) in [5, 5.41) is 9.41. The molecule has 4 aromatic rings. The number of aromatic nitrogens is 2. The predicted octanol–water partition coefficient (Wildman–Crippen LogP) is 4.52. The highest BCUT2D eigenvalue weighted by atomic mass is 19.1. The van der Waals surface area contributed by atoms with Crippen LogP contribution in [0.2, 0.25) is 0 Å². The van der Waals surface area contributed by atoms with Crippen LogP contribution in [0.3, 0.4) is 0 Å². The topological polar surface area (TPSA) is 97.1 Å². The SMILES string of the molecule is O=C(CCc1nc(-c2ccc(F)cc2)no1)NCc1cccc(NC(=O)c2ccc(F)cc2)c1. The zero-order valence-electron chi connectivity index (χ0n) is 17.9. The number of carbonyl (C=O) groups is 2. The van der Waals surface area contributed by atoms with Crippen molar-refractivity contribution in [3.8, 4) is 11.4 Å². The van der Waals surface area contributed by atoms with Crippen LogP contribution in [0.1, 0.15) is 28.2 Å². The highest BCUT2D eigenvalue weighted by Crippen LogP contribution is 2.17. The lowest BCUT2D eigenvalue weighted by atomic mass is 10.1. The molecule has 2 amide bonds. The summed E-state index contributed by atoms with van der Waals surface area (Å²) in [5.74, 6) is -0.704. The van der Waals surface area contributed by atoms with Gasteiger partial charge in [0.25, 0.3) is 5.91 Å². The third-order valence-corrected chi connectivity index (χ3v) is 4.92. The van der Waals surface area contributed by atoms with Crippen molar-refractivity contribution in [3.63, 3.8) is 0 Å². The average Bonchev–Trinajstić information content (AvgIpc) is 3.31. The van der Waals surface area contributed by atoms with E-state index in [-0.39, 0.29) is 37.0 Å². The number of hydrogen-bond acceptors (Lipinski definition) is 5. The molecular formula is C25H20F2N4O3. The molecule has 2 N–H and O–H groups in total. The molecule has 3 aromatic carbocycles. The molecule has 0 aliphatic heterocycles. The number of nitrogens with one attached hydrogen (secondary N) is 2. The van der Waals surface area contributed by atoms with Crippen molar-refractivity contribution >= 4 is 17.5 Å². The smallest absolute Gasteiger partial charge is 0.255 e. The predicted molar refractivity (Wildman–Crippen MR) is 121 cm³/mol. The number of halogens is 2. The van der Waals surface area contributed by atoms with E-state index in [1.165, 1.54) is 36.4 Å². The number of anilines is 1. The summed E-state index contributed by atoms with van der Waals surface area (Å²) < 4.78 is 31.2. The fourth-order valence-corrected chi connectivity index (χ4v) is 3.15. The van der Waals surface area contributed by atoms with E-state index in [4.69, 9.17) is 4.52 Å². The molecule has 1 aromatic heterocycles. The molecule has 0 aliphatic rings. The van der Waals surface area contributed by atoms with Crippen molar-refractivity contribution in [1.82, 2.24) is 15.5 Å². The Balaban J connectivity index is 1.26. The van der Waals surface area contributed by atoms with E-state index in [2.05, 4.69) is 20.8 Å². The first-order valence-electron chi connectivity index (χ1n) is 10.5. The standard InChI is InChI=1S/C25H20F2N4O3/c26-19-8-4-17(5-9-19)24-30-23(34-31-24)13-12-22(32)28-15-16-2-1-3-21(14-16)29-25(33)18-6-10-20(27)11-7-18/h1-11,14H,12-13,15H2,(H,28,32)(H,29,33). The summed E-state index contributed by atoms with van der Waals surface area (Å²) in [6.07, 6.45) is 0.403. The van der Waals surface area contributed by atoms with Crippen LogP contribution in [-0.4, -0.2) is 22.0 Å². The third-order valence-electron chi connectivity index (χ3n) is 4.92.